The molecule has 3 heteroatoms. The minimum Gasteiger partial charge on any atom is -0.368 e. The molecular formula is C16H30N2O. The summed E-state index contributed by atoms with van der Waals surface area (Å²) < 4.78 is 6.18. The van der Waals surface area contributed by atoms with E-state index in [1.165, 1.54) is 38.9 Å². The summed E-state index contributed by atoms with van der Waals surface area (Å²) in [5, 5.41) is 3.88. The topological polar surface area (TPSA) is 24.5 Å². The Kier molecular flexibility index (Phi) is 3.43. The standard InChI is InChI=1S/C16H30N2O/c1-15(2)9-14(16(3,4)19-15)17-13-7-8-18(11-13)10-12-5-6-12/h12-14,17H,5-11H2,1-4H3. The maximum atomic E-state index is 6.18. The van der Waals surface area contributed by atoms with Crippen molar-refractivity contribution >= 4 is 0 Å². The maximum absolute atomic E-state index is 6.18. The molecule has 3 rings (SSSR count). The normalized spacial score (nSPS) is 37.9. The fraction of sp³-hybridized carbons (Fsp3) is 1.00. The zero-order chi connectivity index (χ0) is 13.7. The molecule has 2 heterocycles. The fourth-order valence-corrected chi connectivity index (χ4v) is 3.91. The molecule has 2 atom stereocenters. The molecule has 110 valence electrons. The van der Waals surface area contributed by atoms with Crippen LogP contribution in [0.25, 0.3) is 0 Å². The van der Waals surface area contributed by atoms with Crippen LogP contribution in [-0.4, -0.2) is 47.8 Å². The van der Waals surface area contributed by atoms with Gasteiger partial charge >= 0.3 is 0 Å². The number of ether oxygens (including phenoxy) is 1. The van der Waals surface area contributed by atoms with Gasteiger partial charge in [0.05, 0.1) is 11.2 Å². The molecule has 1 N–H and O–H groups in total. The van der Waals surface area contributed by atoms with Crippen LogP contribution in [0.4, 0.5) is 0 Å². The predicted molar refractivity (Wildman–Crippen MR) is 78.4 cm³/mol. The van der Waals surface area contributed by atoms with Gasteiger partial charge in [-0.05, 0) is 65.8 Å². The second-order valence-corrected chi connectivity index (χ2v) is 8.08. The summed E-state index contributed by atoms with van der Waals surface area (Å²) in [7, 11) is 0. The minimum absolute atomic E-state index is 0.0213. The first-order valence-corrected chi connectivity index (χ1v) is 8.03. The smallest absolute Gasteiger partial charge is 0.0787 e. The molecule has 2 aliphatic heterocycles. The summed E-state index contributed by atoms with van der Waals surface area (Å²) in [5.74, 6) is 1.02. The van der Waals surface area contributed by atoms with Gasteiger partial charge in [-0.15, -0.1) is 0 Å². The summed E-state index contributed by atoms with van der Waals surface area (Å²) >= 11 is 0. The molecule has 0 aromatic heterocycles. The van der Waals surface area contributed by atoms with E-state index in [4.69, 9.17) is 4.74 Å². The van der Waals surface area contributed by atoms with Crippen LogP contribution in [0.3, 0.4) is 0 Å². The molecule has 0 radical (unpaired) electrons. The molecule has 1 aliphatic carbocycles. The van der Waals surface area contributed by atoms with Crippen LogP contribution < -0.4 is 5.32 Å². The van der Waals surface area contributed by atoms with Gasteiger partial charge in [-0.2, -0.15) is 0 Å². The third kappa shape index (κ3) is 3.32. The lowest BCUT2D eigenvalue weighted by molar-refractivity contribution is -0.0704. The van der Waals surface area contributed by atoms with Crippen LogP contribution in [0.2, 0.25) is 0 Å². The van der Waals surface area contributed by atoms with Crippen molar-refractivity contribution in [1.29, 1.82) is 0 Å². The monoisotopic (exact) mass is 266 g/mol. The van der Waals surface area contributed by atoms with Crippen molar-refractivity contribution in [3.63, 3.8) is 0 Å². The Morgan fingerprint density at radius 2 is 1.89 bits per heavy atom. The maximum Gasteiger partial charge on any atom is 0.0787 e. The minimum atomic E-state index is -0.0343. The second-order valence-electron chi connectivity index (χ2n) is 8.08. The molecule has 0 amide bonds. The molecule has 2 unspecified atom stereocenters. The van der Waals surface area contributed by atoms with Crippen molar-refractivity contribution in [3.8, 4) is 0 Å². The number of nitrogens with one attached hydrogen (secondary N) is 1. The van der Waals surface area contributed by atoms with Crippen LogP contribution in [0.15, 0.2) is 0 Å². The highest BCUT2D eigenvalue weighted by Crippen LogP contribution is 2.38. The first-order valence-electron chi connectivity index (χ1n) is 8.03. The summed E-state index contributed by atoms with van der Waals surface area (Å²) in [5.41, 5.74) is -0.0130. The van der Waals surface area contributed by atoms with E-state index in [0.29, 0.717) is 12.1 Å². The third-order valence-electron chi connectivity index (χ3n) is 5.00. The lowest BCUT2D eigenvalue weighted by atomic mass is 9.93. The Morgan fingerprint density at radius 1 is 1.16 bits per heavy atom. The lowest BCUT2D eigenvalue weighted by Gasteiger charge is -2.30. The van der Waals surface area contributed by atoms with Gasteiger partial charge in [-0.25, -0.2) is 0 Å². The number of rotatable bonds is 4. The SMILES string of the molecule is CC1(C)CC(NC2CCN(CC3CC3)C2)C(C)(C)O1. The number of hydrogen-bond donors (Lipinski definition) is 1. The van der Waals surface area contributed by atoms with Gasteiger partial charge < -0.3 is 15.0 Å². The van der Waals surface area contributed by atoms with Crippen molar-refractivity contribution in [2.45, 2.75) is 76.7 Å². The number of nitrogens with zero attached hydrogens (tertiary/aromatic N) is 1. The molecule has 0 spiro atoms. The number of likely N-dealkylation sites (tertiary alicyclic amines) is 1. The van der Waals surface area contributed by atoms with Gasteiger partial charge in [0, 0.05) is 25.2 Å². The third-order valence-corrected chi connectivity index (χ3v) is 5.00. The Labute approximate surface area is 118 Å². The summed E-state index contributed by atoms with van der Waals surface area (Å²) in [6.45, 7) is 12.8. The largest absolute Gasteiger partial charge is 0.368 e. The Hall–Kier alpha value is -0.120. The van der Waals surface area contributed by atoms with E-state index in [0.717, 1.165) is 12.3 Å². The van der Waals surface area contributed by atoms with Crippen molar-refractivity contribution < 1.29 is 4.74 Å². The van der Waals surface area contributed by atoms with Gasteiger partial charge in [0.15, 0.2) is 0 Å². The predicted octanol–water partition coefficient (Wildman–Crippen LogP) is 2.41. The first-order chi connectivity index (χ1) is 8.84. The Morgan fingerprint density at radius 3 is 2.47 bits per heavy atom. The van der Waals surface area contributed by atoms with Crippen LogP contribution in [0, 0.1) is 5.92 Å². The van der Waals surface area contributed by atoms with Gasteiger partial charge in [0.1, 0.15) is 0 Å². The summed E-state index contributed by atoms with van der Waals surface area (Å²) in [4.78, 5) is 2.66. The highest BCUT2D eigenvalue weighted by molar-refractivity contribution is 5.01. The first kappa shape index (κ1) is 13.8. The van der Waals surface area contributed by atoms with E-state index >= 15 is 0 Å². The Balaban J connectivity index is 1.51. The molecule has 19 heavy (non-hydrogen) atoms. The van der Waals surface area contributed by atoms with Crippen molar-refractivity contribution in [1.82, 2.24) is 10.2 Å². The highest BCUT2D eigenvalue weighted by Gasteiger charge is 2.46. The van der Waals surface area contributed by atoms with Crippen molar-refractivity contribution in [2.24, 2.45) is 5.92 Å². The van der Waals surface area contributed by atoms with E-state index < -0.39 is 0 Å². The van der Waals surface area contributed by atoms with Crippen LogP contribution in [-0.2, 0) is 4.74 Å². The highest BCUT2D eigenvalue weighted by atomic mass is 16.5. The molecule has 1 saturated carbocycles. The zero-order valence-corrected chi connectivity index (χ0v) is 13.0. The second kappa shape index (κ2) is 4.71. The van der Waals surface area contributed by atoms with Crippen LogP contribution in [0.5, 0.6) is 0 Å². The van der Waals surface area contributed by atoms with E-state index in [1.807, 2.05) is 0 Å². The van der Waals surface area contributed by atoms with Crippen molar-refractivity contribution in [3.05, 3.63) is 0 Å². The van der Waals surface area contributed by atoms with Gasteiger partial charge in [-0.3, -0.25) is 0 Å². The average molecular weight is 266 g/mol. The summed E-state index contributed by atoms with van der Waals surface area (Å²) in [6.07, 6.45) is 5.36. The molecule has 3 nitrogen and oxygen atoms in total. The van der Waals surface area contributed by atoms with Crippen LogP contribution in [0.1, 0.15) is 53.4 Å². The van der Waals surface area contributed by atoms with E-state index in [1.54, 1.807) is 0 Å². The molecule has 3 aliphatic rings. The van der Waals surface area contributed by atoms with Gasteiger partial charge in [0.2, 0.25) is 0 Å². The molecule has 0 aromatic rings. The number of hydrogen-bond acceptors (Lipinski definition) is 3. The molecule has 0 aromatic carbocycles. The van der Waals surface area contributed by atoms with E-state index in [-0.39, 0.29) is 11.2 Å². The van der Waals surface area contributed by atoms with Gasteiger partial charge in [0.25, 0.3) is 0 Å². The molecular weight excluding hydrogens is 236 g/mol. The molecule has 3 fully saturated rings. The lowest BCUT2D eigenvalue weighted by Crippen LogP contribution is -2.48. The molecule has 2 saturated heterocycles. The quantitative estimate of drug-likeness (QED) is 0.845. The zero-order valence-electron chi connectivity index (χ0n) is 13.0. The fourth-order valence-electron chi connectivity index (χ4n) is 3.91. The van der Waals surface area contributed by atoms with Crippen molar-refractivity contribution in [2.75, 3.05) is 19.6 Å². The Bertz CT molecular complexity index is 336. The average Bonchev–Trinajstić information content (AvgIpc) is 2.90. The molecule has 0 bridgehead atoms. The van der Waals surface area contributed by atoms with Gasteiger partial charge in [-0.1, -0.05) is 0 Å². The van der Waals surface area contributed by atoms with Crippen LogP contribution >= 0.6 is 0 Å². The summed E-state index contributed by atoms with van der Waals surface area (Å²) in [6, 6.07) is 1.16. The van der Waals surface area contributed by atoms with E-state index in [2.05, 4.69) is 37.9 Å². The van der Waals surface area contributed by atoms with E-state index in [9.17, 15) is 0 Å².